The highest BCUT2D eigenvalue weighted by molar-refractivity contribution is 5.85. The van der Waals surface area contributed by atoms with Crippen LogP contribution in [0.3, 0.4) is 0 Å². The molecule has 0 spiro atoms. The van der Waals surface area contributed by atoms with Crippen LogP contribution in [-0.4, -0.2) is 30.3 Å². The van der Waals surface area contributed by atoms with E-state index >= 15 is 0 Å². The van der Waals surface area contributed by atoms with Crippen molar-refractivity contribution in [3.8, 4) is 5.75 Å². The number of benzene rings is 1. The summed E-state index contributed by atoms with van der Waals surface area (Å²) in [5.74, 6) is 0.670. The van der Waals surface area contributed by atoms with Crippen LogP contribution >= 0.6 is 0 Å². The first-order valence-electron chi connectivity index (χ1n) is 7.74. The molecule has 4 heteroatoms. The second-order valence-electron chi connectivity index (χ2n) is 6.40. The van der Waals surface area contributed by atoms with E-state index in [2.05, 4.69) is 11.4 Å². The highest BCUT2D eigenvalue weighted by Gasteiger charge is 2.45. The largest absolute Gasteiger partial charge is 0.496 e. The van der Waals surface area contributed by atoms with E-state index in [1.165, 1.54) is 5.56 Å². The minimum absolute atomic E-state index is 0.0393. The van der Waals surface area contributed by atoms with Crippen molar-refractivity contribution in [3.63, 3.8) is 0 Å². The van der Waals surface area contributed by atoms with E-state index in [1.807, 2.05) is 18.2 Å². The monoisotopic (exact) mass is 289 g/mol. The van der Waals surface area contributed by atoms with Crippen LogP contribution < -0.4 is 10.1 Å². The third-order valence-electron chi connectivity index (χ3n) is 5.18. The van der Waals surface area contributed by atoms with Gasteiger partial charge in [-0.05, 0) is 38.2 Å². The average Bonchev–Trinajstić information content (AvgIpc) is 2.43. The summed E-state index contributed by atoms with van der Waals surface area (Å²) in [6.07, 6.45) is 5.36. The summed E-state index contributed by atoms with van der Waals surface area (Å²) < 4.78 is 5.47. The molecule has 4 nitrogen and oxygen atoms in total. The van der Waals surface area contributed by atoms with Crippen molar-refractivity contribution in [2.75, 3.05) is 13.7 Å². The van der Waals surface area contributed by atoms with Crippen molar-refractivity contribution in [2.24, 2.45) is 0 Å². The lowest BCUT2D eigenvalue weighted by Gasteiger charge is -2.44. The van der Waals surface area contributed by atoms with E-state index in [0.717, 1.165) is 31.4 Å². The van der Waals surface area contributed by atoms with Crippen LogP contribution in [0.15, 0.2) is 24.3 Å². The molecule has 2 aliphatic carbocycles. The van der Waals surface area contributed by atoms with Crippen LogP contribution in [0.2, 0.25) is 0 Å². The normalized spacial score (nSPS) is 21.8. The number of carbonyl (C=O) groups excluding carboxylic acids is 1. The molecule has 0 unspecified atom stereocenters. The Hall–Kier alpha value is -1.55. The van der Waals surface area contributed by atoms with Crippen molar-refractivity contribution >= 4 is 5.91 Å². The van der Waals surface area contributed by atoms with Gasteiger partial charge in [0.05, 0.1) is 7.11 Å². The predicted molar refractivity (Wildman–Crippen MR) is 80.3 cm³/mol. The summed E-state index contributed by atoms with van der Waals surface area (Å²) in [6, 6.07) is 8.03. The van der Waals surface area contributed by atoms with Crippen molar-refractivity contribution in [1.82, 2.24) is 5.32 Å². The fourth-order valence-corrected chi connectivity index (χ4v) is 3.38. The predicted octanol–water partition coefficient (Wildman–Crippen LogP) is 2.15. The summed E-state index contributed by atoms with van der Waals surface area (Å²) in [7, 11) is 1.68. The van der Waals surface area contributed by atoms with Crippen LogP contribution in [-0.2, 0) is 10.2 Å². The van der Waals surface area contributed by atoms with Crippen molar-refractivity contribution in [3.05, 3.63) is 29.8 Å². The standard InChI is InChI=1S/C17H23NO3/c1-21-14-7-3-2-6-13(14)16(8-4-9-16)12-18-15(19)17(20)10-5-11-17/h2-3,6-7,20H,4-5,8-12H2,1H3,(H,18,19). The molecule has 0 radical (unpaired) electrons. The molecule has 21 heavy (non-hydrogen) atoms. The van der Waals surface area contributed by atoms with E-state index in [1.54, 1.807) is 7.11 Å². The zero-order chi connectivity index (χ0) is 14.9. The maximum Gasteiger partial charge on any atom is 0.251 e. The SMILES string of the molecule is COc1ccccc1C1(CNC(=O)C2(O)CCC2)CCC1. The van der Waals surface area contributed by atoms with E-state index in [9.17, 15) is 9.90 Å². The minimum atomic E-state index is -1.12. The molecule has 2 saturated carbocycles. The number of amides is 1. The van der Waals surface area contributed by atoms with Gasteiger partial charge in [-0.15, -0.1) is 0 Å². The van der Waals surface area contributed by atoms with Crippen molar-refractivity contribution < 1.29 is 14.6 Å². The number of hydrogen-bond donors (Lipinski definition) is 2. The molecule has 2 aliphatic rings. The molecule has 0 saturated heterocycles. The molecule has 0 bridgehead atoms. The molecule has 2 N–H and O–H groups in total. The van der Waals surface area contributed by atoms with E-state index in [4.69, 9.17) is 4.74 Å². The summed E-state index contributed by atoms with van der Waals surface area (Å²) in [5.41, 5.74) is 0.00769. The van der Waals surface area contributed by atoms with Crippen LogP contribution in [0.25, 0.3) is 0 Å². The first-order valence-corrected chi connectivity index (χ1v) is 7.74. The number of hydrogen-bond acceptors (Lipinski definition) is 3. The smallest absolute Gasteiger partial charge is 0.251 e. The number of ether oxygens (including phenoxy) is 1. The second-order valence-corrected chi connectivity index (χ2v) is 6.40. The molecule has 3 rings (SSSR count). The van der Waals surface area contributed by atoms with Gasteiger partial charge in [0.2, 0.25) is 0 Å². The molecule has 0 aromatic heterocycles. The highest BCUT2D eigenvalue weighted by atomic mass is 16.5. The molecule has 0 atom stereocenters. The van der Waals surface area contributed by atoms with Gasteiger partial charge < -0.3 is 15.2 Å². The van der Waals surface area contributed by atoms with E-state index < -0.39 is 5.60 Å². The number of nitrogens with one attached hydrogen (secondary N) is 1. The fourth-order valence-electron chi connectivity index (χ4n) is 3.38. The van der Waals surface area contributed by atoms with Gasteiger partial charge in [0.15, 0.2) is 0 Å². The maximum absolute atomic E-state index is 12.1. The quantitative estimate of drug-likeness (QED) is 0.873. The Morgan fingerprint density at radius 2 is 1.90 bits per heavy atom. The van der Waals surface area contributed by atoms with E-state index in [-0.39, 0.29) is 11.3 Å². The summed E-state index contributed by atoms with van der Waals surface area (Å²) in [6.45, 7) is 0.578. The number of rotatable bonds is 5. The van der Waals surface area contributed by atoms with E-state index in [0.29, 0.717) is 19.4 Å². The number of methoxy groups -OCH3 is 1. The van der Waals surface area contributed by atoms with Gasteiger partial charge >= 0.3 is 0 Å². The molecule has 0 aliphatic heterocycles. The van der Waals surface area contributed by atoms with Gasteiger partial charge in [0, 0.05) is 17.5 Å². The molecular weight excluding hydrogens is 266 g/mol. The molecule has 1 amide bonds. The van der Waals surface area contributed by atoms with Crippen molar-refractivity contribution in [2.45, 2.75) is 49.5 Å². The zero-order valence-corrected chi connectivity index (χ0v) is 12.5. The third kappa shape index (κ3) is 2.42. The topological polar surface area (TPSA) is 58.6 Å². The lowest BCUT2D eigenvalue weighted by molar-refractivity contribution is -0.149. The highest BCUT2D eigenvalue weighted by Crippen LogP contribution is 2.46. The maximum atomic E-state index is 12.1. The number of carbonyl (C=O) groups is 1. The minimum Gasteiger partial charge on any atom is -0.496 e. The van der Waals surface area contributed by atoms with Gasteiger partial charge in [0.1, 0.15) is 11.4 Å². The summed E-state index contributed by atoms with van der Waals surface area (Å²) in [4.78, 5) is 12.1. The van der Waals surface area contributed by atoms with Crippen LogP contribution in [0.5, 0.6) is 5.75 Å². The first-order chi connectivity index (χ1) is 10.1. The first kappa shape index (κ1) is 14.4. The summed E-state index contributed by atoms with van der Waals surface area (Å²) in [5, 5.41) is 13.1. The third-order valence-corrected chi connectivity index (χ3v) is 5.18. The lowest BCUT2D eigenvalue weighted by atomic mass is 9.64. The summed E-state index contributed by atoms with van der Waals surface area (Å²) >= 11 is 0. The number of aliphatic hydroxyl groups is 1. The average molecular weight is 289 g/mol. The van der Waals surface area contributed by atoms with Gasteiger partial charge in [-0.25, -0.2) is 0 Å². The van der Waals surface area contributed by atoms with Crippen LogP contribution in [0.4, 0.5) is 0 Å². The second kappa shape index (κ2) is 5.34. The molecular formula is C17H23NO3. The Bertz CT molecular complexity index is 533. The lowest BCUT2D eigenvalue weighted by Crippen LogP contribution is -2.55. The molecule has 0 heterocycles. The molecule has 1 aromatic carbocycles. The number of para-hydroxylation sites is 1. The Labute approximate surface area is 125 Å². The Balaban J connectivity index is 1.73. The Morgan fingerprint density at radius 3 is 2.43 bits per heavy atom. The molecule has 2 fully saturated rings. The molecule has 1 aromatic rings. The van der Waals surface area contributed by atoms with Crippen molar-refractivity contribution in [1.29, 1.82) is 0 Å². The van der Waals surface area contributed by atoms with Gasteiger partial charge in [-0.2, -0.15) is 0 Å². The Kier molecular flexibility index (Phi) is 3.66. The van der Waals surface area contributed by atoms with Crippen LogP contribution in [0, 0.1) is 0 Å². The van der Waals surface area contributed by atoms with Crippen LogP contribution in [0.1, 0.15) is 44.1 Å². The van der Waals surface area contributed by atoms with Gasteiger partial charge in [-0.1, -0.05) is 24.6 Å². The molecule has 114 valence electrons. The van der Waals surface area contributed by atoms with Gasteiger partial charge in [0.25, 0.3) is 5.91 Å². The zero-order valence-electron chi connectivity index (χ0n) is 12.5. The Morgan fingerprint density at radius 1 is 1.24 bits per heavy atom. The van der Waals surface area contributed by atoms with Gasteiger partial charge in [-0.3, -0.25) is 4.79 Å². The fraction of sp³-hybridized carbons (Fsp3) is 0.588.